The maximum atomic E-state index is 14.8. The highest BCUT2D eigenvalue weighted by molar-refractivity contribution is 6.09. The average molecular weight is 435 g/mol. The smallest absolute Gasteiger partial charge is 0.315 e. The van der Waals surface area contributed by atoms with Gasteiger partial charge in [-0.05, 0) is 48.6 Å². The molecule has 0 N–H and O–H groups in total. The van der Waals surface area contributed by atoms with Gasteiger partial charge in [-0.25, -0.2) is 4.39 Å². The number of fused-ring (bicyclic) bond motifs is 1. The van der Waals surface area contributed by atoms with Crippen LogP contribution in [0.25, 0.3) is 0 Å². The van der Waals surface area contributed by atoms with E-state index in [0.29, 0.717) is 40.5 Å². The van der Waals surface area contributed by atoms with Crippen LogP contribution in [0.3, 0.4) is 0 Å². The number of Topliss-reactive ketones (excluding diaryl/α,β-unsaturated/α-hetero) is 1. The molecule has 0 saturated carbocycles. The molecule has 3 aliphatic rings. The summed E-state index contributed by atoms with van der Waals surface area (Å²) in [6, 6.07) is 11.9. The Morgan fingerprint density at radius 3 is 2.69 bits per heavy atom. The molecular weight excluding hydrogens is 413 g/mol. The number of ether oxygens (including phenoxy) is 3. The van der Waals surface area contributed by atoms with E-state index < -0.39 is 23.6 Å². The van der Waals surface area contributed by atoms with Gasteiger partial charge in [-0.3, -0.25) is 14.6 Å². The van der Waals surface area contributed by atoms with Crippen LogP contribution in [0, 0.1) is 11.7 Å². The molecular formula is C25H22FNO5. The lowest BCUT2D eigenvalue weighted by molar-refractivity contribution is -0.143. The number of methoxy groups -OCH3 is 1. The number of carbonyl (C=O) groups excluding carboxylic acids is 2. The summed E-state index contributed by atoms with van der Waals surface area (Å²) in [6.07, 6.45) is 0.753. The second kappa shape index (κ2) is 7.89. The molecule has 0 aromatic heterocycles. The van der Waals surface area contributed by atoms with Crippen LogP contribution in [0.5, 0.6) is 11.5 Å². The third-order valence-corrected chi connectivity index (χ3v) is 6.45. The molecule has 0 spiro atoms. The molecule has 2 aromatic carbocycles. The van der Waals surface area contributed by atoms with Gasteiger partial charge < -0.3 is 14.2 Å². The van der Waals surface area contributed by atoms with Gasteiger partial charge in [-0.15, -0.1) is 0 Å². The fourth-order valence-electron chi connectivity index (χ4n) is 4.96. The molecule has 2 aliphatic heterocycles. The Hall–Kier alpha value is -3.48. The number of hydrogen-bond donors (Lipinski definition) is 0. The van der Waals surface area contributed by atoms with E-state index in [0.717, 1.165) is 5.56 Å². The predicted molar refractivity (Wildman–Crippen MR) is 114 cm³/mol. The van der Waals surface area contributed by atoms with Crippen LogP contribution in [-0.2, 0) is 14.3 Å². The van der Waals surface area contributed by atoms with Crippen LogP contribution in [-0.4, -0.2) is 31.4 Å². The van der Waals surface area contributed by atoms with Crippen molar-refractivity contribution >= 4 is 17.5 Å². The SMILES string of the molecule is COC(=O)C1C(C)=NC2=C(C(=O)C[C@H](c3ccc4c(c3)OCO4)C2)[C@H]1c1ccccc1F. The number of nitrogens with zero attached hydrogens (tertiary/aromatic N) is 1. The second-order valence-corrected chi connectivity index (χ2v) is 8.25. The van der Waals surface area contributed by atoms with E-state index >= 15 is 0 Å². The van der Waals surface area contributed by atoms with Crippen LogP contribution in [0.4, 0.5) is 4.39 Å². The van der Waals surface area contributed by atoms with Crippen molar-refractivity contribution in [2.24, 2.45) is 10.9 Å². The van der Waals surface area contributed by atoms with Crippen LogP contribution in [0.1, 0.15) is 42.7 Å². The fourth-order valence-corrected chi connectivity index (χ4v) is 4.96. The lowest BCUT2D eigenvalue weighted by atomic mass is 9.69. The molecule has 2 aromatic rings. The molecule has 0 radical (unpaired) electrons. The molecule has 7 heteroatoms. The highest BCUT2D eigenvalue weighted by Gasteiger charge is 2.45. The average Bonchev–Trinajstić information content (AvgIpc) is 3.26. The molecule has 2 heterocycles. The molecule has 0 saturated heterocycles. The van der Waals surface area contributed by atoms with Gasteiger partial charge in [0.2, 0.25) is 6.79 Å². The molecule has 6 nitrogen and oxygen atoms in total. The third-order valence-electron chi connectivity index (χ3n) is 6.45. The molecule has 32 heavy (non-hydrogen) atoms. The number of benzene rings is 2. The zero-order chi connectivity index (χ0) is 22.4. The van der Waals surface area contributed by atoms with Crippen molar-refractivity contribution in [2.45, 2.75) is 31.6 Å². The van der Waals surface area contributed by atoms with Gasteiger partial charge >= 0.3 is 5.97 Å². The molecule has 0 amide bonds. The topological polar surface area (TPSA) is 74.2 Å². The predicted octanol–water partition coefficient (Wildman–Crippen LogP) is 4.30. The first-order valence-electron chi connectivity index (χ1n) is 10.5. The van der Waals surface area contributed by atoms with E-state index in [1.165, 1.54) is 13.2 Å². The Bertz CT molecular complexity index is 1180. The number of ketones is 1. The van der Waals surface area contributed by atoms with Crippen molar-refractivity contribution in [1.29, 1.82) is 0 Å². The van der Waals surface area contributed by atoms with Gasteiger partial charge in [0.05, 0.1) is 7.11 Å². The van der Waals surface area contributed by atoms with Gasteiger partial charge in [-0.1, -0.05) is 24.3 Å². The Morgan fingerprint density at radius 2 is 1.91 bits per heavy atom. The Labute approximate surface area is 184 Å². The minimum Gasteiger partial charge on any atom is -0.468 e. The van der Waals surface area contributed by atoms with Crippen molar-refractivity contribution in [3.8, 4) is 11.5 Å². The summed E-state index contributed by atoms with van der Waals surface area (Å²) >= 11 is 0. The van der Waals surface area contributed by atoms with Crippen molar-refractivity contribution in [3.63, 3.8) is 0 Å². The number of carbonyl (C=O) groups is 2. The summed E-state index contributed by atoms with van der Waals surface area (Å²) < 4.78 is 30.7. The van der Waals surface area contributed by atoms with Crippen molar-refractivity contribution in [2.75, 3.05) is 13.9 Å². The van der Waals surface area contributed by atoms with E-state index in [1.54, 1.807) is 25.1 Å². The van der Waals surface area contributed by atoms with Gasteiger partial charge in [0.15, 0.2) is 17.3 Å². The van der Waals surface area contributed by atoms with Gasteiger partial charge in [0, 0.05) is 29.3 Å². The Balaban J connectivity index is 1.58. The zero-order valence-corrected chi connectivity index (χ0v) is 17.8. The molecule has 0 fully saturated rings. The van der Waals surface area contributed by atoms with Gasteiger partial charge in [0.25, 0.3) is 0 Å². The molecule has 164 valence electrons. The Morgan fingerprint density at radius 1 is 1.12 bits per heavy atom. The van der Waals surface area contributed by atoms with E-state index in [1.807, 2.05) is 18.2 Å². The van der Waals surface area contributed by atoms with E-state index in [2.05, 4.69) is 4.99 Å². The van der Waals surface area contributed by atoms with E-state index in [-0.39, 0.29) is 24.9 Å². The molecule has 1 unspecified atom stereocenters. The molecule has 5 rings (SSSR count). The summed E-state index contributed by atoms with van der Waals surface area (Å²) in [5, 5.41) is 0. The first-order valence-corrected chi connectivity index (χ1v) is 10.5. The second-order valence-electron chi connectivity index (χ2n) is 8.25. The van der Waals surface area contributed by atoms with E-state index in [9.17, 15) is 14.0 Å². The van der Waals surface area contributed by atoms with E-state index in [4.69, 9.17) is 14.2 Å². The summed E-state index contributed by atoms with van der Waals surface area (Å²) in [5.74, 6) is -1.48. The first kappa shape index (κ1) is 20.4. The molecule has 0 bridgehead atoms. The highest BCUT2D eigenvalue weighted by Crippen LogP contribution is 2.48. The van der Waals surface area contributed by atoms with Gasteiger partial charge in [-0.2, -0.15) is 0 Å². The number of esters is 1. The maximum Gasteiger partial charge on any atom is 0.315 e. The lowest BCUT2D eigenvalue weighted by Gasteiger charge is -2.36. The third kappa shape index (κ3) is 3.28. The fraction of sp³-hybridized carbons (Fsp3) is 0.320. The molecule has 3 atom stereocenters. The van der Waals surface area contributed by atoms with Crippen molar-refractivity contribution < 1.29 is 28.2 Å². The van der Waals surface area contributed by atoms with Crippen LogP contribution >= 0.6 is 0 Å². The number of hydrogen-bond acceptors (Lipinski definition) is 6. The standard InChI is InChI=1S/C25H22FNO5/c1-13-22(25(29)30-2)23(16-5-3-4-6-17(16)26)24-18(27-13)9-15(10-19(24)28)14-7-8-20-21(11-14)32-12-31-20/h3-8,11,15,22-23H,9-10,12H2,1-2H3/t15-,22?,23+/m1/s1. The number of aliphatic imine (C=N–C) groups is 1. The number of allylic oxidation sites excluding steroid dienone is 2. The maximum absolute atomic E-state index is 14.8. The normalized spacial score (nSPS) is 24.2. The minimum absolute atomic E-state index is 0.0942. The minimum atomic E-state index is -0.846. The monoisotopic (exact) mass is 435 g/mol. The summed E-state index contributed by atoms with van der Waals surface area (Å²) in [4.78, 5) is 30.8. The van der Waals surface area contributed by atoms with Crippen LogP contribution < -0.4 is 9.47 Å². The largest absolute Gasteiger partial charge is 0.468 e. The van der Waals surface area contributed by atoms with Crippen molar-refractivity contribution in [3.05, 3.63) is 70.7 Å². The van der Waals surface area contributed by atoms with Gasteiger partial charge in [0.1, 0.15) is 11.7 Å². The summed E-state index contributed by atoms with van der Waals surface area (Å²) in [6.45, 7) is 1.91. The quantitative estimate of drug-likeness (QED) is 0.672. The first-order chi connectivity index (χ1) is 15.5. The Kier molecular flexibility index (Phi) is 5.04. The number of rotatable bonds is 3. The van der Waals surface area contributed by atoms with Crippen LogP contribution in [0.15, 0.2) is 58.7 Å². The highest BCUT2D eigenvalue weighted by atomic mass is 19.1. The molecule has 1 aliphatic carbocycles. The summed E-state index contributed by atoms with van der Waals surface area (Å²) in [7, 11) is 1.29. The van der Waals surface area contributed by atoms with Crippen LogP contribution in [0.2, 0.25) is 0 Å². The zero-order valence-electron chi connectivity index (χ0n) is 17.8. The van der Waals surface area contributed by atoms with Crippen molar-refractivity contribution in [1.82, 2.24) is 0 Å². The summed E-state index contributed by atoms with van der Waals surface area (Å²) in [5.41, 5.74) is 2.80. The lowest BCUT2D eigenvalue weighted by Crippen LogP contribution is -2.38. The number of halogens is 1.